The van der Waals surface area contributed by atoms with Crippen LogP contribution in [0.5, 0.6) is 0 Å². The van der Waals surface area contributed by atoms with E-state index in [4.69, 9.17) is 5.73 Å². The van der Waals surface area contributed by atoms with E-state index in [2.05, 4.69) is 20.5 Å². The molecule has 1 atom stereocenters. The third-order valence-electron chi connectivity index (χ3n) is 3.81. The first kappa shape index (κ1) is 14.9. The number of nitrogens with one attached hydrogen (secondary N) is 2. The Labute approximate surface area is 132 Å². The van der Waals surface area contributed by atoms with Gasteiger partial charge < -0.3 is 21.3 Å². The van der Waals surface area contributed by atoms with Gasteiger partial charge in [0.1, 0.15) is 10.7 Å². The molecule has 21 heavy (non-hydrogen) atoms. The van der Waals surface area contributed by atoms with E-state index in [1.807, 2.05) is 11.8 Å². The summed E-state index contributed by atoms with van der Waals surface area (Å²) in [7, 11) is 0. The number of nitrogen functional groups attached to an aromatic ring is 1. The molecule has 0 radical (unpaired) electrons. The maximum absolute atomic E-state index is 12.3. The largest absolute Gasteiger partial charge is 0.382 e. The van der Waals surface area contributed by atoms with Crippen LogP contribution < -0.4 is 21.3 Å². The van der Waals surface area contributed by atoms with Crippen LogP contribution in [0.3, 0.4) is 0 Å². The summed E-state index contributed by atoms with van der Waals surface area (Å²) in [4.78, 5) is 19.4. The quantitative estimate of drug-likeness (QED) is 0.752. The Bertz CT molecular complexity index is 495. The van der Waals surface area contributed by atoms with Crippen LogP contribution in [0.25, 0.3) is 0 Å². The minimum Gasteiger partial charge on any atom is -0.382 e. The molecule has 0 bridgehead atoms. The van der Waals surface area contributed by atoms with E-state index in [-0.39, 0.29) is 5.91 Å². The summed E-state index contributed by atoms with van der Waals surface area (Å²) in [6.45, 7) is 4.45. The lowest BCUT2D eigenvalue weighted by Gasteiger charge is -2.26. The number of hydrogen-bond acceptors (Lipinski definition) is 7. The van der Waals surface area contributed by atoms with Crippen LogP contribution in [0.15, 0.2) is 0 Å². The van der Waals surface area contributed by atoms with Gasteiger partial charge in [0, 0.05) is 32.7 Å². The van der Waals surface area contributed by atoms with Gasteiger partial charge in [-0.05, 0) is 23.8 Å². The van der Waals surface area contributed by atoms with E-state index in [0.29, 0.717) is 16.6 Å². The number of nitrogens with two attached hydrogens (primary N) is 1. The fraction of sp³-hybridized carbons (Fsp3) is 0.692. The number of piperazine rings is 1. The number of amides is 1. The Morgan fingerprint density at radius 3 is 3.00 bits per heavy atom. The van der Waals surface area contributed by atoms with Crippen molar-refractivity contribution in [3.8, 4) is 0 Å². The van der Waals surface area contributed by atoms with Crippen LogP contribution >= 0.6 is 23.1 Å². The first-order chi connectivity index (χ1) is 10.2. The summed E-state index contributed by atoms with van der Waals surface area (Å²) in [6.07, 6.45) is 1.19. The van der Waals surface area contributed by atoms with Crippen LogP contribution in [-0.2, 0) is 0 Å². The third kappa shape index (κ3) is 3.61. The Balaban J connectivity index is 1.61. The summed E-state index contributed by atoms with van der Waals surface area (Å²) < 4.78 is 0. The molecule has 2 fully saturated rings. The molecular weight excluding hydrogens is 306 g/mol. The molecule has 1 unspecified atom stereocenters. The molecule has 3 rings (SSSR count). The molecule has 3 heterocycles. The number of anilines is 2. The van der Waals surface area contributed by atoms with Crippen molar-refractivity contribution in [2.75, 3.05) is 54.9 Å². The molecule has 1 aromatic rings. The topological polar surface area (TPSA) is 83.3 Å². The second-order valence-electron chi connectivity index (χ2n) is 5.39. The van der Waals surface area contributed by atoms with E-state index in [9.17, 15) is 4.79 Å². The maximum Gasteiger partial charge on any atom is 0.265 e. The van der Waals surface area contributed by atoms with Crippen molar-refractivity contribution < 1.29 is 4.79 Å². The highest BCUT2D eigenvalue weighted by Gasteiger charge is 2.22. The Kier molecular flexibility index (Phi) is 4.87. The average molecular weight is 327 g/mol. The Morgan fingerprint density at radius 1 is 1.48 bits per heavy atom. The van der Waals surface area contributed by atoms with Crippen molar-refractivity contribution >= 4 is 40.0 Å². The smallest absolute Gasteiger partial charge is 0.265 e. The summed E-state index contributed by atoms with van der Waals surface area (Å²) in [5, 5.41) is 7.17. The van der Waals surface area contributed by atoms with Gasteiger partial charge >= 0.3 is 0 Å². The number of thioether (sulfide) groups is 1. The summed E-state index contributed by atoms with van der Waals surface area (Å²) in [6, 6.07) is 0. The molecule has 1 aromatic heterocycles. The van der Waals surface area contributed by atoms with Gasteiger partial charge in [-0.25, -0.2) is 4.98 Å². The summed E-state index contributed by atoms with van der Waals surface area (Å²) in [5.41, 5.74) is 5.92. The van der Waals surface area contributed by atoms with Crippen LogP contribution in [-0.4, -0.2) is 55.1 Å². The van der Waals surface area contributed by atoms with Crippen molar-refractivity contribution in [1.82, 2.24) is 15.6 Å². The fourth-order valence-corrected chi connectivity index (χ4v) is 4.77. The molecule has 2 aliphatic heterocycles. The van der Waals surface area contributed by atoms with Crippen molar-refractivity contribution in [2.45, 2.75) is 6.42 Å². The fourth-order valence-electron chi connectivity index (χ4n) is 2.54. The van der Waals surface area contributed by atoms with Gasteiger partial charge in [0.15, 0.2) is 5.13 Å². The number of hydrogen-bond donors (Lipinski definition) is 3. The molecule has 0 spiro atoms. The molecule has 0 aliphatic carbocycles. The molecule has 116 valence electrons. The molecule has 2 saturated heterocycles. The van der Waals surface area contributed by atoms with E-state index in [1.54, 1.807) is 0 Å². The van der Waals surface area contributed by atoms with E-state index >= 15 is 0 Å². The summed E-state index contributed by atoms with van der Waals surface area (Å²) in [5.74, 6) is 3.22. The standard InChI is InChI=1S/C13H21N5OS2/c14-11-10(12(19)16-7-9-1-6-20-8-9)21-13(17-11)18-4-2-15-3-5-18/h9,15H,1-8,14H2,(H,16,19). The van der Waals surface area contributed by atoms with Gasteiger partial charge in [-0.1, -0.05) is 11.3 Å². The van der Waals surface area contributed by atoms with Crippen LogP contribution in [0.1, 0.15) is 16.1 Å². The predicted molar refractivity (Wildman–Crippen MR) is 89.4 cm³/mol. The SMILES string of the molecule is Nc1nc(N2CCNCC2)sc1C(=O)NCC1CCSC1. The zero-order valence-electron chi connectivity index (χ0n) is 11.9. The van der Waals surface area contributed by atoms with E-state index < -0.39 is 0 Å². The lowest BCUT2D eigenvalue weighted by atomic mass is 10.1. The summed E-state index contributed by atoms with van der Waals surface area (Å²) >= 11 is 3.36. The molecule has 2 aliphatic rings. The number of carbonyl (C=O) groups is 1. The highest BCUT2D eigenvalue weighted by Crippen LogP contribution is 2.28. The second-order valence-corrected chi connectivity index (χ2v) is 7.51. The van der Waals surface area contributed by atoms with Crippen LogP contribution in [0, 0.1) is 5.92 Å². The lowest BCUT2D eigenvalue weighted by Crippen LogP contribution is -2.43. The zero-order chi connectivity index (χ0) is 14.7. The first-order valence-corrected chi connectivity index (χ1v) is 9.29. The first-order valence-electron chi connectivity index (χ1n) is 7.32. The molecule has 4 N–H and O–H groups in total. The molecule has 0 saturated carbocycles. The normalized spacial score (nSPS) is 22.5. The highest BCUT2D eigenvalue weighted by atomic mass is 32.2. The van der Waals surface area contributed by atoms with Gasteiger partial charge in [-0.2, -0.15) is 11.8 Å². The van der Waals surface area contributed by atoms with Gasteiger partial charge in [0.25, 0.3) is 5.91 Å². The van der Waals surface area contributed by atoms with Gasteiger partial charge in [-0.15, -0.1) is 0 Å². The van der Waals surface area contributed by atoms with Gasteiger partial charge in [-0.3, -0.25) is 4.79 Å². The van der Waals surface area contributed by atoms with Crippen LogP contribution in [0.4, 0.5) is 10.9 Å². The van der Waals surface area contributed by atoms with Crippen molar-refractivity contribution in [1.29, 1.82) is 0 Å². The lowest BCUT2D eigenvalue weighted by molar-refractivity contribution is 0.0953. The third-order valence-corrected chi connectivity index (χ3v) is 6.17. The van der Waals surface area contributed by atoms with E-state index in [0.717, 1.165) is 43.6 Å². The average Bonchev–Trinajstić information content (AvgIpc) is 3.15. The molecule has 0 aromatic carbocycles. The molecule has 1 amide bonds. The van der Waals surface area contributed by atoms with Gasteiger partial charge in [0.05, 0.1) is 0 Å². The van der Waals surface area contributed by atoms with Crippen molar-refractivity contribution in [2.24, 2.45) is 5.92 Å². The highest BCUT2D eigenvalue weighted by molar-refractivity contribution is 7.99. The minimum absolute atomic E-state index is 0.0803. The van der Waals surface area contributed by atoms with Crippen LogP contribution in [0.2, 0.25) is 0 Å². The Morgan fingerprint density at radius 2 is 2.29 bits per heavy atom. The number of rotatable bonds is 4. The molecular formula is C13H21N5OS2. The number of aromatic nitrogens is 1. The molecule has 6 nitrogen and oxygen atoms in total. The van der Waals surface area contributed by atoms with E-state index in [1.165, 1.54) is 23.5 Å². The minimum atomic E-state index is -0.0803. The Hall–Kier alpha value is -0.990. The van der Waals surface area contributed by atoms with Crippen molar-refractivity contribution in [3.05, 3.63) is 4.88 Å². The number of carbonyl (C=O) groups excluding carboxylic acids is 1. The number of nitrogens with zero attached hydrogens (tertiary/aromatic N) is 2. The number of thiazole rings is 1. The van der Waals surface area contributed by atoms with Crippen molar-refractivity contribution in [3.63, 3.8) is 0 Å². The predicted octanol–water partition coefficient (Wildman–Crippen LogP) is 0.618. The monoisotopic (exact) mass is 327 g/mol. The van der Waals surface area contributed by atoms with Gasteiger partial charge in [0.2, 0.25) is 0 Å². The maximum atomic E-state index is 12.3. The molecule has 8 heteroatoms. The second kappa shape index (κ2) is 6.85. The zero-order valence-corrected chi connectivity index (χ0v) is 13.6.